The Morgan fingerprint density at radius 1 is 0.842 bits per heavy atom. The maximum absolute atomic E-state index is 14.1. The number of likely N-dealkylation sites (tertiary alicyclic amines) is 1. The zero-order valence-corrected chi connectivity index (χ0v) is 22.4. The van der Waals surface area contributed by atoms with Crippen molar-refractivity contribution >= 4 is 23.4 Å². The summed E-state index contributed by atoms with van der Waals surface area (Å²) in [6.07, 6.45) is 8.44. The first-order chi connectivity index (χ1) is 18.5. The van der Waals surface area contributed by atoms with Gasteiger partial charge in [0, 0.05) is 31.9 Å². The number of amides is 3. The molecule has 3 amide bonds. The Hall–Kier alpha value is -2.61. The van der Waals surface area contributed by atoms with Gasteiger partial charge in [-0.15, -0.1) is 0 Å². The topological polar surface area (TPSA) is 73.4 Å². The number of para-hydroxylation sites is 1. The monoisotopic (exact) mass is 520 g/mol. The van der Waals surface area contributed by atoms with E-state index in [2.05, 4.69) is 21.9 Å². The molecule has 4 saturated carbocycles. The number of hydrogen-bond donors (Lipinski definition) is 0. The molecule has 0 atom stereocenters. The Kier molecular flexibility index (Phi) is 5.95. The highest BCUT2D eigenvalue weighted by Crippen LogP contribution is 2.60. The average molecular weight is 521 g/mol. The number of hydrogen-bond acceptors (Lipinski definition) is 5. The molecule has 4 aliphatic carbocycles. The fourth-order valence-electron chi connectivity index (χ4n) is 9.19. The van der Waals surface area contributed by atoms with E-state index in [1.807, 2.05) is 18.2 Å². The molecule has 8 heteroatoms. The predicted octanol–water partition coefficient (Wildman–Crippen LogP) is 2.73. The van der Waals surface area contributed by atoms with E-state index in [4.69, 9.17) is 4.74 Å². The molecule has 0 unspecified atom stereocenters. The number of nitrogens with zero attached hydrogens (tertiary/aromatic N) is 4. The second kappa shape index (κ2) is 9.25. The molecule has 0 radical (unpaired) electrons. The normalized spacial score (nSPS) is 33.9. The van der Waals surface area contributed by atoms with Crippen molar-refractivity contribution in [3.63, 3.8) is 0 Å². The van der Waals surface area contributed by atoms with Gasteiger partial charge in [0.15, 0.2) is 0 Å². The van der Waals surface area contributed by atoms with Gasteiger partial charge in [-0.05, 0) is 81.3 Å². The summed E-state index contributed by atoms with van der Waals surface area (Å²) >= 11 is 0. The van der Waals surface area contributed by atoms with E-state index in [0.29, 0.717) is 64.8 Å². The van der Waals surface area contributed by atoms with E-state index in [9.17, 15) is 14.4 Å². The maximum atomic E-state index is 14.1. The van der Waals surface area contributed by atoms with Crippen molar-refractivity contribution in [1.29, 1.82) is 0 Å². The Morgan fingerprint density at radius 3 is 2.05 bits per heavy atom. The van der Waals surface area contributed by atoms with Gasteiger partial charge in [0.25, 0.3) is 5.91 Å². The number of rotatable bonds is 4. The van der Waals surface area contributed by atoms with Gasteiger partial charge in [0.2, 0.25) is 11.8 Å². The van der Waals surface area contributed by atoms with Gasteiger partial charge in [-0.25, -0.2) is 0 Å². The molecule has 38 heavy (non-hydrogen) atoms. The summed E-state index contributed by atoms with van der Waals surface area (Å²) in [5, 5.41) is 0. The van der Waals surface area contributed by atoms with Crippen LogP contribution in [0.5, 0.6) is 0 Å². The Morgan fingerprint density at radius 2 is 1.45 bits per heavy atom. The summed E-state index contributed by atoms with van der Waals surface area (Å²) < 4.78 is 5.40. The highest BCUT2D eigenvalue weighted by molar-refractivity contribution is 5.96. The number of morpholine rings is 1. The summed E-state index contributed by atoms with van der Waals surface area (Å²) in [4.78, 5) is 49.0. The van der Waals surface area contributed by atoms with E-state index in [1.54, 1.807) is 9.80 Å². The zero-order chi connectivity index (χ0) is 25.9. The van der Waals surface area contributed by atoms with Crippen molar-refractivity contribution in [1.82, 2.24) is 14.7 Å². The number of ether oxygens (including phenoxy) is 1. The van der Waals surface area contributed by atoms with E-state index in [-0.39, 0.29) is 23.8 Å². The smallest absolute Gasteiger partial charge is 0.250 e. The van der Waals surface area contributed by atoms with Crippen LogP contribution < -0.4 is 4.90 Å². The molecular formula is C30H40N4O4. The highest BCUT2D eigenvalue weighted by Gasteiger charge is 2.58. The SMILES string of the molecule is O=C(CN1CN(c2ccccc2)C2(CCN(C(=O)C34CC5CC(CC(C5)C3)C4)CC2)C1=O)N1CCOCC1. The number of benzene rings is 1. The summed E-state index contributed by atoms with van der Waals surface area (Å²) in [7, 11) is 0. The lowest BCUT2D eigenvalue weighted by Gasteiger charge is -2.57. The van der Waals surface area contributed by atoms with Crippen LogP contribution in [0.4, 0.5) is 5.69 Å². The van der Waals surface area contributed by atoms with Crippen molar-refractivity contribution in [2.24, 2.45) is 23.2 Å². The third kappa shape index (κ3) is 3.93. The van der Waals surface area contributed by atoms with Crippen LogP contribution in [0.15, 0.2) is 30.3 Å². The van der Waals surface area contributed by atoms with Crippen molar-refractivity contribution < 1.29 is 19.1 Å². The summed E-state index contributed by atoms with van der Waals surface area (Å²) in [6, 6.07) is 10.1. The molecule has 0 N–H and O–H groups in total. The predicted molar refractivity (Wildman–Crippen MR) is 142 cm³/mol. The fourth-order valence-corrected chi connectivity index (χ4v) is 9.19. The Balaban J connectivity index is 1.09. The van der Waals surface area contributed by atoms with Crippen molar-refractivity contribution in [3.05, 3.63) is 30.3 Å². The van der Waals surface area contributed by atoms with Crippen LogP contribution in [0.25, 0.3) is 0 Å². The number of carbonyl (C=O) groups excluding carboxylic acids is 3. The highest BCUT2D eigenvalue weighted by atomic mass is 16.5. The minimum absolute atomic E-state index is 0.0128. The zero-order valence-electron chi connectivity index (χ0n) is 22.4. The van der Waals surface area contributed by atoms with Crippen LogP contribution in [0, 0.1) is 23.2 Å². The minimum atomic E-state index is -0.703. The molecule has 3 heterocycles. The lowest BCUT2D eigenvalue weighted by atomic mass is 9.49. The second-order valence-electron chi connectivity index (χ2n) is 12.9. The van der Waals surface area contributed by atoms with Gasteiger partial charge in [-0.2, -0.15) is 0 Å². The van der Waals surface area contributed by atoms with E-state index >= 15 is 0 Å². The van der Waals surface area contributed by atoms with E-state index < -0.39 is 5.54 Å². The fraction of sp³-hybridized carbons (Fsp3) is 0.700. The van der Waals surface area contributed by atoms with E-state index in [1.165, 1.54) is 19.3 Å². The third-order valence-electron chi connectivity index (χ3n) is 10.6. The van der Waals surface area contributed by atoms with Gasteiger partial charge >= 0.3 is 0 Å². The van der Waals surface area contributed by atoms with Gasteiger partial charge < -0.3 is 24.3 Å². The van der Waals surface area contributed by atoms with Crippen molar-refractivity contribution in [3.8, 4) is 0 Å². The Bertz CT molecular complexity index is 1060. The molecule has 8 nitrogen and oxygen atoms in total. The molecular weight excluding hydrogens is 480 g/mol. The standard InChI is InChI=1S/C30H40N4O4/c35-26(31-10-12-38-13-11-31)20-33-21-34(25-4-2-1-3-5-25)30(28(33)37)6-8-32(9-7-30)27(36)29-17-22-14-23(18-29)16-24(15-22)19-29/h1-5,22-24H,6-21H2. The third-order valence-corrected chi connectivity index (χ3v) is 10.6. The molecule has 1 aromatic rings. The van der Waals surface area contributed by atoms with Crippen LogP contribution in [0.2, 0.25) is 0 Å². The molecule has 7 fully saturated rings. The van der Waals surface area contributed by atoms with E-state index in [0.717, 1.165) is 42.7 Å². The molecule has 8 rings (SSSR count). The van der Waals surface area contributed by atoms with Gasteiger partial charge in [0.1, 0.15) is 12.1 Å². The van der Waals surface area contributed by atoms with Crippen LogP contribution in [0.1, 0.15) is 51.4 Å². The Labute approximate surface area is 225 Å². The number of anilines is 1. The molecule has 1 spiro atoms. The summed E-state index contributed by atoms with van der Waals surface area (Å²) in [5.41, 5.74) is 0.155. The molecule has 204 valence electrons. The first kappa shape index (κ1) is 24.4. The largest absolute Gasteiger partial charge is 0.378 e. The maximum Gasteiger partial charge on any atom is 0.250 e. The van der Waals surface area contributed by atoms with Gasteiger partial charge in [-0.3, -0.25) is 14.4 Å². The molecule has 3 aliphatic heterocycles. The summed E-state index contributed by atoms with van der Waals surface area (Å²) in [6.45, 7) is 3.98. The lowest BCUT2D eigenvalue weighted by Crippen LogP contribution is -2.61. The van der Waals surface area contributed by atoms with Crippen LogP contribution in [-0.2, 0) is 19.1 Å². The molecule has 4 bridgehead atoms. The van der Waals surface area contributed by atoms with Crippen LogP contribution in [0.3, 0.4) is 0 Å². The van der Waals surface area contributed by atoms with Crippen molar-refractivity contribution in [2.45, 2.75) is 56.9 Å². The quantitative estimate of drug-likeness (QED) is 0.611. The number of piperidine rings is 1. The van der Waals surface area contributed by atoms with Gasteiger partial charge in [-0.1, -0.05) is 18.2 Å². The molecule has 1 aromatic carbocycles. The summed E-state index contributed by atoms with van der Waals surface area (Å²) in [5.74, 6) is 2.60. The first-order valence-electron chi connectivity index (χ1n) is 14.7. The lowest BCUT2D eigenvalue weighted by molar-refractivity contribution is -0.160. The molecule has 3 saturated heterocycles. The second-order valence-corrected chi connectivity index (χ2v) is 12.9. The molecule has 7 aliphatic rings. The van der Waals surface area contributed by atoms with Crippen LogP contribution >= 0.6 is 0 Å². The van der Waals surface area contributed by atoms with Crippen molar-refractivity contribution in [2.75, 3.05) is 57.5 Å². The van der Waals surface area contributed by atoms with Gasteiger partial charge in [0.05, 0.1) is 25.3 Å². The number of carbonyl (C=O) groups is 3. The minimum Gasteiger partial charge on any atom is -0.378 e. The van der Waals surface area contributed by atoms with Crippen LogP contribution in [-0.4, -0.2) is 90.6 Å². The molecule has 0 aromatic heterocycles. The first-order valence-corrected chi connectivity index (χ1v) is 14.7. The average Bonchev–Trinajstić information content (AvgIpc) is 3.19.